The third kappa shape index (κ3) is 6.52. The maximum atomic E-state index is 14.8. The molecule has 6 heteroatoms. The molecule has 1 heterocycles. The first-order chi connectivity index (χ1) is 17.9. The van der Waals surface area contributed by atoms with Gasteiger partial charge in [0.25, 0.3) is 0 Å². The Morgan fingerprint density at radius 1 is 1.03 bits per heavy atom. The number of phenols is 1. The molecule has 192 valence electrons. The maximum absolute atomic E-state index is 14.8. The van der Waals surface area contributed by atoms with Crippen LogP contribution in [0.4, 0.5) is 4.39 Å². The van der Waals surface area contributed by atoms with Crippen molar-refractivity contribution in [2.75, 3.05) is 20.2 Å². The number of benzene rings is 3. The molecule has 0 aliphatic carbocycles. The lowest BCUT2D eigenvalue weighted by Crippen LogP contribution is -2.29. The van der Waals surface area contributed by atoms with E-state index in [1.54, 1.807) is 55.5 Å². The molecule has 1 unspecified atom stereocenters. The minimum atomic E-state index is -0.562. The summed E-state index contributed by atoms with van der Waals surface area (Å²) < 4.78 is 19.5. The highest BCUT2D eigenvalue weighted by Gasteiger charge is 2.18. The number of carbonyl (C=O) groups is 2. The van der Waals surface area contributed by atoms with E-state index in [4.69, 9.17) is 4.74 Å². The summed E-state index contributed by atoms with van der Waals surface area (Å²) in [6, 6.07) is 16.9. The summed E-state index contributed by atoms with van der Waals surface area (Å²) in [6.45, 7) is 4.51. The van der Waals surface area contributed by atoms with Gasteiger partial charge < -0.3 is 9.84 Å². The third-order valence-corrected chi connectivity index (χ3v) is 6.91. The summed E-state index contributed by atoms with van der Waals surface area (Å²) in [4.78, 5) is 26.8. The summed E-state index contributed by atoms with van der Waals surface area (Å²) in [5, 5.41) is 10.5. The number of ketones is 1. The summed E-state index contributed by atoms with van der Waals surface area (Å²) in [7, 11) is 1.30. The monoisotopic (exact) mass is 501 g/mol. The number of hydrogen-bond acceptors (Lipinski definition) is 5. The number of aromatic hydroxyl groups is 1. The van der Waals surface area contributed by atoms with Crippen molar-refractivity contribution >= 4 is 17.8 Å². The number of ether oxygens (including phenoxy) is 1. The molecular formula is C31H32FNO4. The van der Waals surface area contributed by atoms with Gasteiger partial charge in [-0.2, -0.15) is 0 Å². The number of esters is 1. The molecule has 1 aliphatic heterocycles. The van der Waals surface area contributed by atoms with Gasteiger partial charge in [0.05, 0.1) is 13.0 Å². The Balaban J connectivity index is 1.41. The van der Waals surface area contributed by atoms with Gasteiger partial charge in [0.2, 0.25) is 0 Å². The zero-order chi connectivity index (χ0) is 26.4. The van der Waals surface area contributed by atoms with Gasteiger partial charge in [-0.1, -0.05) is 61.0 Å². The molecule has 1 N–H and O–H groups in total. The van der Waals surface area contributed by atoms with Crippen LogP contribution in [-0.4, -0.2) is 42.0 Å². The van der Waals surface area contributed by atoms with E-state index in [-0.39, 0.29) is 11.5 Å². The number of carbonyl (C=O) groups excluding carboxylic acids is 2. The van der Waals surface area contributed by atoms with E-state index in [9.17, 15) is 19.1 Å². The Kier molecular flexibility index (Phi) is 8.51. The quantitative estimate of drug-likeness (QED) is 0.221. The zero-order valence-corrected chi connectivity index (χ0v) is 21.2. The van der Waals surface area contributed by atoms with Crippen molar-refractivity contribution in [1.29, 1.82) is 0 Å². The van der Waals surface area contributed by atoms with Gasteiger partial charge in [0.1, 0.15) is 11.6 Å². The molecule has 1 saturated heterocycles. The molecule has 1 aliphatic rings. The SMILES string of the molecule is COC(=O)C(C)c1ccc(-c2ccc(C(=O)/C=C/c3ccc(CN4CCCCC4)c(O)c3)cc2)c(F)c1. The molecule has 0 spiro atoms. The molecule has 1 atom stereocenters. The fourth-order valence-electron chi connectivity index (χ4n) is 4.61. The molecule has 37 heavy (non-hydrogen) atoms. The number of allylic oxidation sites excluding steroid dienone is 1. The van der Waals surface area contributed by atoms with E-state index in [0.29, 0.717) is 22.3 Å². The topological polar surface area (TPSA) is 66.8 Å². The lowest BCUT2D eigenvalue weighted by atomic mass is 9.96. The largest absolute Gasteiger partial charge is 0.508 e. The average molecular weight is 502 g/mol. The second-order valence-corrected chi connectivity index (χ2v) is 9.48. The number of nitrogens with zero attached hydrogens (tertiary/aromatic N) is 1. The molecule has 3 aromatic rings. The van der Waals surface area contributed by atoms with E-state index < -0.39 is 17.7 Å². The predicted octanol–water partition coefficient (Wildman–Crippen LogP) is 6.36. The molecular weight excluding hydrogens is 469 g/mol. The van der Waals surface area contributed by atoms with Gasteiger partial charge in [0.15, 0.2) is 5.78 Å². The van der Waals surface area contributed by atoms with Gasteiger partial charge in [-0.05, 0) is 67.8 Å². The average Bonchev–Trinajstić information content (AvgIpc) is 2.93. The summed E-state index contributed by atoms with van der Waals surface area (Å²) >= 11 is 0. The van der Waals surface area contributed by atoms with E-state index in [1.807, 2.05) is 12.1 Å². The normalized spacial score (nSPS) is 15.0. The number of phenolic OH excluding ortho intramolecular Hbond substituents is 1. The van der Waals surface area contributed by atoms with Crippen LogP contribution >= 0.6 is 0 Å². The van der Waals surface area contributed by atoms with Gasteiger partial charge in [-0.25, -0.2) is 4.39 Å². The van der Waals surface area contributed by atoms with Crippen LogP contribution in [0, 0.1) is 5.82 Å². The maximum Gasteiger partial charge on any atom is 0.312 e. The Bertz CT molecular complexity index is 1290. The first kappa shape index (κ1) is 26.3. The van der Waals surface area contributed by atoms with Crippen LogP contribution in [0.25, 0.3) is 17.2 Å². The van der Waals surface area contributed by atoms with Crippen LogP contribution in [0.5, 0.6) is 5.75 Å². The Morgan fingerprint density at radius 3 is 2.41 bits per heavy atom. The smallest absolute Gasteiger partial charge is 0.312 e. The molecule has 5 nitrogen and oxygen atoms in total. The van der Waals surface area contributed by atoms with Crippen molar-refractivity contribution in [2.24, 2.45) is 0 Å². The van der Waals surface area contributed by atoms with Crippen LogP contribution in [-0.2, 0) is 16.1 Å². The van der Waals surface area contributed by atoms with Crippen LogP contribution in [0.3, 0.4) is 0 Å². The molecule has 0 saturated carbocycles. The molecule has 3 aromatic carbocycles. The first-order valence-electron chi connectivity index (χ1n) is 12.6. The van der Waals surface area contributed by atoms with Crippen LogP contribution in [0.2, 0.25) is 0 Å². The van der Waals surface area contributed by atoms with Crippen molar-refractivity contribution in [1.82, 2.24) is 4.90 Å². The highest BCUT2D eigenvalue weighted by molar-refractivity contribution is 6.07. The second kappa shape index (κ2) is 12.0. The number of piperidine rings is 1. The van der Waals surface area contributed by atoms with Crippen molar-refractivity contribution in [3.05, 3.63) is 94.8 Å². The molecule has 0 aromatic heterocycles. The lowest BCUT2D eigenvalue weighted by Gasteiger charge is -2.26. The fraction of sp³-hybridized carbons (Fsp3) is 0.290. The number of halogens is 1. The first-order valence-corrected chi connectivity index (χ1v) is 12.6. The number of hydrogen-bond donors (Lipinski definition) is 1. The van der Waals surface area contributed by atoms with E-state index in [0.717, 1.165) is 30.8 Å². The van der Waals surface area contributed by atoms with Crippen molar-refractivity contribution in [3.63, 3.8) is 0 Å². The Labute approximate surface area is 217 Å². The lowest BCUT2D eigenvalue weighted by molar-refractivity contribution is -0.142. The van der Waals surface area contributed by atoms with Gasteiger partial charge in [0, 0.05) is 23.2 Å². The zero-order valence-electron chi connectivity index (χ0n) is 21.2. The van der Waals surface area contributed by atoms with Crippen LogP contribution in [0.15, 0.2) is 66.7 Å². The molecule has 0 amide bonds. The molecule has 0 bridgehead atoms. The van der Waals surface area contributed by atoms with Gasteiger partial charge >= 0.3 is 5.97 Å². The third-order valence-electron chi connectivity index (χ3n) is 6.91. The highest BCUT2D eigenvalue weighted by atomic mass is 19.1. The Hall–Kier alpha value is -3.77. The van der Waals surface area contributed by atoms with Crippen molar-refractivity contribution in [3.8, 4) is 16.9 Å². The number of rotatable bonds is 8. The van der Waals surface area contributed by atoms with Crippen molar-refractivity contribution in [2.45, 2.75) is 38.6 Å². The number of likely N-dealkylation sites (tertiary alicyclic amines) is 1. The second-order valence-electron chi connectivity index (χ2n) is 9.48. The van der Waals surface area contributed by atoms with Gasteiger partial charge in [-0.15, -0.1) is 0 Å². The highest BCUT2D eigenvalue weighted by Crippen LogP contribution is 2.28. The van der Waals surface area contributed by atoms with Crippen LogP contribution in [0.1, 0.15) is 59.2 Å². The van der Waals surface area contributed by atoms with Crippen LogP contribution < -0.4 is 0 Å². The summed E-state index contributed by atoms with van der Waals surface area (Å²) in [6.07, 6.45) is 6.81. The molecule has 1 fully saturated rings. The minimum absolute atomic E-state index is 0.189. The standard InChI is InChI=1S/C31H32FNO4/c1-21(31(36)37-2)25-13-14-27(28(32)19-25)23-9-11-24(12-10-23)29(34)15-7-22-6-8-26(30(35)18-22)20-33-16-4-3-5-17-33/h6-15,18-19,21,35H,3-5,16-17,20H2,1-2H3/b15-7+. The van der Waals surface area contributed by atoms with Gasteiger partial charge in [-0.3, -0.25) is 14.5 Å². The number of methoxy groups -OCH3 is 1. The summed E-state index contributed by atoms with van der Waals surface area (Å²) in [5.41, 5.74) is 3.66. The summed E-state index contributed by atoms with van der Waals surface area (Å²) in [5.74, 6) is -1.39. The molecule has 0 radical (unpaired) electrons. The van der Waals surface area contributed by atoms with Crippen molar-refractivity contribution < 1.29 is 23.8 Å². The predicted molar refractivity (Wildman–Crippen MR) is 143 cm³/mol. The van der Waals surface area contributed by atoms with E-state index in [1.165, 1.54) is 38.5 Å². The fourth-order valence-corrected chi connectivity index (χ4v) is 4.61. The minimum Gasteiger partial charge on any atom is -0.508 e. The van der Waals surface area contributed by atoms with E-state index in [2.05, 4.69) is 4.90 Å². The van der Waals surface area contributed by atoms with E-state index >= 15 is 0 Å². The molecule has 4 rings (SSSR count). The Morgan fingerprint density at radius 2 is 1.76 bits per heavy atom.